The number of nitrogens with one attached hydrogen (secondary N) is 1. The molecule has 2 aliphatic rings. The fraction of sp³-hybridized carbons (Fsp3) is 0.421. The summed E-state index contributed by atoms with van der Waals surface area (Å²) in [7, 11) is 0. The Hall–Kier alpha value is -2.43. The van der Waals surface area contributed by atoms with Crippen LogP contribution in [-0.4, -0.2) is 29.0 Å². The lowest BCUT2D eigenvalue weighted by Crippen LogP contribution is -2.29. The number of carbonyl (C=O) groups excluding carboxylic acids is 1. The molecule has 1 fully saturated rings. The van der Waals surface area contributed by atoms with E-state index in [0.29, 0.717) is 0 Å². The molecular formula is C19H22N4O. The zero-order valence-corrected chi connectivity index (χ0v) is 13.7. The van der Waals surface area contributed by atoms with E-state index in [1.807, 2.05) is 36.5 Å². The summed E-state index contributed by atoms with van der Waals surface area (Å²) < 4.78 is 0. The highest BCUT2D eigenvalue weighted by atomic mass is 16.1. The van der Waals surface area contributed by atoms with E-state index in [-0.39, 0.29) is 11.8 Å². The van der Waals surface area contributed by atoms with E-state index in [4.69, 9.17) is 4.98 Å². The molecule has 5 heteroatoms. The molecule has 0 saturated carbocycles. The minimum atomic E-state index is -0.000979. The van der Waals surface area contributed by atoms with Crippen LogP contribution in [0.4, 0.5) is 11.6 Å². The van der Waals surface area contributed by atoms with Crippen molar-refractivity contribution in [3.05, 3.63) is 47.8 Å². The van der Waals surface area contributed by atoms with Gasteiger partial charge in [-0.2, -0.15) is 0 Å². The van der Waals surface area contributed by atoms with Crippen molar-refractivity contribution >= 4 is 17.5 Å². The predicted molar refractivity (Wildman–Crippen MR) is 94.1 cm³/mol. The first-order valence-corrected chi connectivity index (χ1v) is 8.75. The van der Waals surface area contributed by atoms with E-state index in [2.05, 4.69) is 15.2 Å². The number of carbonyl (C=O) groups is 1. The van der Waals surface area contributed by atoms with Crippen LogP contribution < -0.4 is 10.2 Å². The molecule has 0 spiro atoms. The molecule has 0 unspecified atom stereocenters. The maximum Gasteiger partial charge on any atom is 0.227 e. The Morgan fingerprint density at radius 1 is 1.17 bits per heavy atom. The lowest BCUT2D eigenvalue weighted by atomic mass is 9.86. The highest BCUT2D eigenvalue weighted by Crippen LogP contribution is 2.27. The van der Waals surface area contributed by atoms with Gasteiger partial charge in [0.15, 0.2) is 0 Å². The largest absolute Gasteiger partial charge is 0.341 e. The van der Waals surface area contributed by atoms with Crippen LogP contribution in [0.3, 0.4) is 0 Å². The maximum atomic E-state index is 12.5. The van der Waals surface area contributed by atoms with E-state index in [1.165, 1.54) is 12.8 Å². The standard InChI is InChI=1S/C19H22N4O/c24-18(21-16-6-2-1-3-7-16)14-8-9-17-15(12-14)13-20-19(22-17)23-10-4-5-11-23/h1-3,6-7,13-14H,4-5,8-12H2,(H,21,24)/t14-/m1/s1. The van der Waals surface area contributed by atoms with Crippen LogP contribution in [0.1, 0.15) is 30.5 Å². The fourth-order valence-electron chi connectivity index (χ4n) is 3.56. The molecule has 1 atom stereocenters. The van der Waals surface area contributed by atoms with Gasteiger partial charge in [-0.1, -0.05) is 18.2 Å². The number of para-hydroxylation sites is 1. The van der Waals surface area contributed by atoms with Crippen molar-refractivity contribution in [2.75, 3.05) is 23.3 Å². The van der Waals surface area contributed by atoms with Crippen molar-refractivity contribution in [3.63, 3.8) is 0 Å². The summed E-state index contributed by atoms with van der Waals surface area (Å²) in [5.74, 6) is 0.952. The lowest BCUT2D eigenvalue weighted by molar-refractivity contribution is -0.120. The van der Waals surface area contributed by atoms with Crippen LogP contribution in [-0.2, 0) is 17.6 Å². The first kappa shape index (κ1) is 15.1. The summed E-state index contributed by atoms with van der Waals surface area (Å²) >= 11 is 0. The predicted octanol–water partition coefficient (Wildman–Crippen LogP) is 2.82. The number of nitrogens with zero attached hydrogens (tertiary/aromatic N) is 3. The second-order valence-electron chi connectivity index (χ2n) is 6.63. The van der Waals surface area contributed by atoms with Crippen LogP contribution in [0.25, 0.3) is 0 Å². The average Bonchev–Trinajstić information content (AvgIpc) is 3.16. The van der Waals surface area contributed by atoms with Crippen LogP contribution in [0.2, 0.25) is 0 Å². The Bertz CT molecular complexity index is 725. The van der Waals surface area contributed by atoms with E-state index < -0.39 is 0 Å². The summed E-state index contributed by atoms with van der Waals surface area (Å²) in [6, 6.07) is 9.64. The van der Waals surface area contributed by atoms with Gasteiger partial charge in [-0.15, -0.1) is 0 Å². The van der Waals surface area contributed by atoms with Crippen LogP contribution >= 0.6 is 0 Å². The fourth-order valence-corrected chi connectivity index (χ4v) is 3.56. The van der Waals surface area contributed by atoms with Gasteiger partial charge in [0.05, 0.1) is 0 Å². The van der Waals surface area contributed by atoms with Gasteiger partial charge in [0.1, 0.15) is 0 Å². The molecule has 124 valence electrons. The third kappa shape index (κ3) is 3.11. The minimum absolute atomic E-state index is 0.000979. The number of aromatic nitrogens is 2. The molecule has 24 heavy (non-hydrogen) atoms. The first-order chi connectivity index (χ1) is 11.8. The van der Waals surface area contributed by atoms with Gasteiger partial charge in [0.2, 0.25) is 11.9 Å². The highest BCUT2D eigenvalue weighted by Gasteiger charge is 2.27. The first-order valence-electron chi connectivity index (χ1n) is 8.75. The van der Waals surface area contributed by atoms with E-state index in [9.17, 15) is 4.79 Å². The summed E-state index contributed by atoms with van der Waals surface area (Å²) in [5.41, 5.74) is 3.10. The van der Waals surface area contributed by atoms with Crippen molar-refractivity contribution in [2.45, 2.75) is 32.1 Å². The van der Waals surface area contributed by atoms with Crippen LogP contribution in [0.5, 0.6) is 0 Å². The number of hydrogen-bond acceptors (Lipinski definition) is 4. The highest BCUT2D eigenvalue weighted by molar-refractivity contribution is 5.92. The zero-order valence-electron chi connectivity index (χ0n) is 13.7. The van der Waals surface area contributed by atoms with Gasteiger partial charge < -0.3 is 10.2 Å². The molecule has 5 nitrogen and oxygen atoms in total. The van der Waals surface area contributed by atoms with Crippen molar-refractivity contribution in [1.82, 2.24) is 9.97 Å². The lowest BCUT2D eigenvalue weighted by Gasteiger charge is -2.24. The van der Waals surface area contributed by atoms with Gasteiger partial charge >= 0.3 is 0 Å². The Morgan fingerprint density at radius 2 is 1.96 bits per heavy atom. The minimum Gasteiger partial charge on any atom is -0.341 e. The zero-order chi connectivity index (χ0) is 16.4. The SMILES string of the molecule is O=C(Nc1ccccc1)[C@@H]1CCc2nc(N3CCCC3)ncc2C1. The van der Waals surface area contributed by atoms with Gasteiger partial charge in [-0.3, -0.25) is 4.79 Å². The molecule has 1 N–H and O–H groups in total. The molecule has 1 aliphatic heterocycles. The average molecular weight is 322 g/mol. The van der Waals surface area contributed by atoms with Crippen LogP contribution in [0.15, 0.2) is 36.5 Å². The summed E-state index contributed by atoms with van der Waals surface area (Å²) in [4.78, 5) is 24.0. The molecule has 1 saturated heterocycles. The number of fused-ring (bicyclic) bond motifs is 1. The topological polar surface area (TPSA) is 58.1 Å². The molecule has 1 amide bonds. The second-order valence-corrected chi connectivity index (χ2v) is 6.63. The molecule has 4 rings (SSSR count). The smallest absolute Gasteiger partial charge is 0.227 e. The third-order valence-corrected chi connectivity index (χ3v) is 4.94. The third-order valence-electron chi connectivity index (χ3n) is 4.94. The Morgan fingerprint density at radius 3 is 2.75 bits per heavy atom. The van der Waals surface area contributed by atoms with Gasteiger partial charge in [-0.05, 0) is 49.8 Å². The Labute approximate surface area is 142 Å². The Balaban J connectivity index is 1.44. The van der Waals surface area contributed by atoms with E-state index >= 15 is 0 Å². The molecule has 2 aromatic rings. The number of amides is 1. The normalized spacial score (nSPS) is 19.8. The van der Waals surface area contributed by atoms with Gasteiger partial charge in [0, 0.05) is 36.6 Å². The quantitative estimate of drug-likeness (QED) is 0.944. The molecule has 2 heterocycles. The maximum absolute atomic E-state index is 12.5. The number of hydrogen-bond donors (Lipinski definition) is 1. The van der Waals surface area contributed by atoms with Crippen molar-refractivity contribution in [3.8, 4) is 0 Å². The molecule has 0 bridgehead atoms. The van der Waals surface area contributed by atoms with Gasteiger partial charge in [0.25, 0.3) is 0 Å². The number of anilines is 2. The van der Waals surface area contributed by atoms with Crippen molar-refractivity contribution in [2.24, 2.45) is 5.92 Å². The summed E-state index contributed by atoms with van der Waals surface area (Å²) in [6.45, 7) is 2.11. The van der Waals surface area contributed by atoms with Gasteiger partial charge in [-0.25, -0.2) is 9.97 Å². The number of aryl methyl sites for hydroxylation is 1. The van der Waals surface area contributed by atoms with Crippen molar-refractivity contribution in [1.29, 1.82) is 0 Å². The molecular weight excluding hydrogens is 300 g/mol. The molecule has 1 aromatic heterocycles. The van der Waals surface area contributed by atoms with Crippen LogP contribution in [0, 0.1) is 5.92 Å². The molecule has 1 aliphatic carbocycles. The summed E-state index contributed by atoms with van der Waals surface area (Å²) in [6.07, 6.45) is 6.81. The number of benzene rings is 1. The summed E-state index contributed by atoms with van der Waals surface area (Å²) in [5, 5.41) is 3.01. The second kappa shape index (κ2) is 6.59. The van der Waals surface area contributed by atoms with E-state index in [0.717, 1.165) is 55.2 Å². The van der Waals surface area contributed by atoms with Crippen molar-refractivity contribution < 1.29 is 4.79 Å². The Kier molecular flexibility index (Phi) is 4.15. The number of rotatable bonds is 3. The monoisotopic (exact) mass is 322 g/mol. The molecule has 0 radical (unpaired) electrons. The van der Waals surface area contributed by atoms with E-state index in [1.54, 1.807) is 0 Å². The molecule has 1 aromatic carbocycles.